The lowest BCUT2D eigenvalue weighted by Crippen LogP contribution is -2.54. The van der Waals surface area contributed by atoms with Crippen LogP contribution in [-0.4, -0.2) is 11.9 Å². The lowest BCUT2D eigenvalue weighted by molar-refractivity contribution is -0.124. The lowest BCUT2D eigenvalue weighted by Gasteiger charge is -2.33. The molecule has 1 fully saturated rings. The number of primary amides is 1. The van der Waals surface area contributed by atoms with Crippen molar-refractivity contribution in [3.8, 4) is 0 Å². The Morgan fingerprint density at radius 3 is 2.48 bits per heavy atom. The van der Waals surface area contributed by atoms with Crippen LogP contribution in [0.3, 0.4) is 0 Å². The standard InChI is InChI=1S/C16H22ClFN2O/c1-16(15(19)21,13-9-8-11(18)10-14(13)17)20-12-6-4-2-3-5-7-12/h8-10,12,20H,2-7H2,1H3,(H2,19,21). The second kappa shape index (κ2) is 6.75. The number of amides is 1. The molecule has 0 bridgehead atoms. The first kappa shape index (κ1) is 16.2. The van der Waals surface area contributed by atoms with Gasteiger partial charge in [-0.05, 0) is 31.9 Å². The van der Waals surface area contributed by atoms with Gasteiger partial charge in [0.1, 0.15) is 11.4 Å². The molecule has 1 aliphatic carbocycles. The van der Waals surface area contributed by atoms with Gasteiger partial charge < -0.3 is 5.73 Å². The van der Waals surface area contributed by atoms with Gasteiger partial charge in [0.05, 0.1) is 0 Å². The van der Waals surface area contributed by atoms with E-state index in [1.807, 2.05) is 0 Å². The molecular weight excluding hydrogens is 291 g/mol. The number of benzene rings is 1. The molecule has 0 aliphatic heterocycles. The molecule has 1 aromatic carbocycles. The Hall–Kier alpha value is -1.13. The fourth-order valence-electron chi connectivity index (χ4n) is 3.01. The Kier molecular flexibility index (Phi) is 5.22. The van der Waals surface area contributed by atoms with Crippen molar-refractivity contribution in [2.45, 2.75) is 57.0 Å². The van der Waals surface area contributed by atoms with Gasteiger partial charge in [-0.1, -0.05) is 43.4 Å². The highest BCUT2D eigenvalue weighted by atomic mass is 35.5. The van der Waals surface area contributed by atoms with E-state index in [-0.39, 0.29) is 11.1 Å². The van der Waals surface area contributed by atoms with E-state index in [0.29, 0.717) is 5.56 Å². The predicted octanol–water partition coefficient (Wildman–Crippen LogP) is 3.49. The molecule has 2 rings (SSSR count). The number of hydrogen-bond acceptors (Lipinski definition) is 2. The monoisotopic (exact) mass is 312 g/mol. The first-order valence-corrected chi connectivity index (χ1v) is 7.84. The molecule has 3 nitrogen and oxygen atoms in total. The maximum Gasteiger partial charge on any atom is 0.242 e. The normalized spacial score (nSPS) is 19.8. The Morgan fingerprint density at radius 2 is 1.95 bits per heavy atom. The van der Waals surface area contributed by atoms with Gasteiger partial charge >= 0.3 is 0 Å². The van der Waals surface area contributed by atoms with Crippen LogP contribution >= 0.6 is 11.6 Å². The summed E-state index contributed by atoms with van der Waals surface area (Å²) in [5.74, 6) is -0.926. The largest absolute Gasteiger partial charge is 0.368 e. The summed E-state index contributed by atoms with van der Waals surface area (Å²) in [6.45, 7) is 1.72. The van der Waals surface area contributed by atoms with Crippen LogP contribution in [0.1, 0.15) is 51.0 Å². The number of hydrogen-bond donors (Lipinski definition) is 2. The molecule has 0 aromatic heterocycles. The van der Waals surface area contributed by atoms with Crippen LogP contribution in [0.5, 0.6) is 0 Å². The molecule has 1 saturated carbocycles. The van der Waals surface area contributed by atoms with Crippen molar-refractivity contribution in [2.24, 2.45) is 5.73 Å². The van der Waals surface area contributed by atoms with Crippen molar-refractivity contribution in [1.82, 2.24) is 5.32 Å². The van der Waals surface area contributed by atoms with Crippen molar-refractivity contribution in [3.63, 3.8) is 0 Å². The SMILES string of the molecule is CC(NC1CCCCCC1)(C(N)=O)c1ccc(F)cc1Cl. The third-order valence-corrected chi connectivity index (χ3v) is 4.62. The van der Waals surface area contributed by atoms with Gasteiger partial charge in [-0.15, -0.1) is 0 Å². The van der Waals surface area contributed by atoms with Crippen LogP contribution in [0.2, 0.25) is 5.02 Å². The van der Waals surface area contributed by atoms with Crippen LogP contribution < -0.4 is 11.1 Å². The predicted molar refractivity (Wildman–Crippen MR) is 82.6 cm³/mol. The number of carbonyl (C=O) groups excluding carboxylic acids is 1. The Bertz CT molecular complexity index is 515. The van der Waals surface area contributed by atoms with Crippen molar-refractivity contribution in [3.05, 3.63) is 34.6 Å². The second-order valence-electron chi connectivity index (χ2n) is 5.95. The van der Waals surface area contributed by atoms with Crippen molar-refractivity contribution >= 4 is 17.5 Å². The zero-order valence-electron chi connectivity index (χ0n) is 12.3. The quantitative estimate of drug-likeness (QED) is 0.836. The fraction of sp³-hybridized carbons (Fsp3) is 0.562. The van der Waals surface area contributed by atoms with E-state index in [0.717, 1.165) is 25.7 Å². The van der Waals surface area contributed by atoms with E-state index in [1.165, 1.54) is 31.0 Å². The Labute approximate surface area is 130 Å². The van der Waals surface area contributed by atoms with E-state index in [9.17, 15) is 9.18 Å². The smallest absolute Gasteiger partial charge is 0.242 e. The molecule has 0 spiro atoms. The molecule has 5 heteroatoms. The summed E-state index contributed by atoms with van der Waals surface area (Å²) in [6.07, 6.45) is 6.77. The topological polar surface area (TPSA) is 55.1 Å². The van der Waals surface area contributed by atoms with Gasteiger partial charge in [0.2, 0.25) is 5.91 Å². The fourth-order valence-corrected chi connectivity index (χ4v) is 3.36. The van der Waals surface area contributed by atoms with E-state index in [4.69, 9.17) is 17.3 Å². The molecule has 0 radical (unpaired) electrons. The number of carbonyl (C=O) groups is 1. The van der Waals surface area contributed by atoms with Crippen LogP contribution in [0.25, 0.3) is 0 Å². The third-order valence-electron chi connectivity index (χ3n) is 4.31. The molecule has 0 saturated heterocycles. The van der Waals surface area contributed by atoms with Gasteiger partial charge in [0.15, 0.2) is 0 Å². The van der Waals surface area contributed by atoms with E-state index in [1.54, 1.807) is 6.92 Å². The molecule has 1 aromatic rings. The summed E-state index contributed by atoms with van der Waals surface area (Å²) in [5.41, 5.74) is 5.06. The molecule has 1 atom stereocenters. The lowest BCUT2D eigenvalue weighted by atomic mass is 9.89. The van der Waals surface area contributed by atoms with Crippen LogP contribution in [0.4, 0.5) is 4.39 Å². The molecular formula is C16H22ClFN2O. The van der Waals surface area contributed by atoms with Gasteiger partial charge in [-0.3, -0.25) is 10.1 Å². The van der Waals surface area contributed by atoms with Gasteiger partial charge in [0, 0.05) is 16.6 Å². The summed E-state index contributed by atoms with van der Waals surface area (Å²) in [7, 11) is 0. The molecule has 3 N–H and O–H groups in total. The van der Waals surface area contributed by atoms with Crippen molar-refractivity contribution in [2.75, 3.05) is 0 Å². The van der Waals surface area contributed by atoms with Crippen LogP contribution in [0, 0.1) is 5.82 Å². The second-order valence-corrected chi connectivity index (χ2v) is 6.35. The Morgan fingerprint density at radius 1 is 1.33 bits per heavy atom. The number of rotatable bonds is 4. The molecule has 0 heterocycles. The summed E-state index contributed by atoms with van der Waals surface area (Å²) in [5, 5.41) is 3.59. The minimum Gasteiger partial charge on any atom is -0.368 e. The number of halogens is 2. The van der Waals surface area contributed by atoms with Crippen LogP contribution in [0.15, 0.2) is 18.2 Å². The van der Waals surface area contributed by atoms with Gasteiger partial charge in [0.25, 0.3) is 0 Å². The van der Waals surface area contributed by atoms with Gasteiger partial charge in [-0.25, -0.2) is 4.39 Å². The summed E-state index contributed by atoms with van der Waals surface area (Å²) in [6, 6.07) is 4.28. The van der Waals surface area contributed by atoms with Crippen molar-refractivity contribution in [1.29, 1.82) is 0 Å². The Balaban J connectivity index is 2.28. The van der Waals surface area contributed by atoms with Crippen molar-refractivity contribution < 1.29 is 9.18 Å². The minimum absolute atomic E-state index is 0.220. The van der Waals surface area contributed by atoms with E-state index >= 15 is 0 Å². The first-order valence-electron chi connectivity index (χ1n) is 7.46. The molecule has 116 valence electrons. The average molecular weight is 313 g/mol. The van der Waals surface area contributed by atoms with E-state index in [2.05, 4.69) is 5.32 Å². The zero-order chi connectivity index (χ0) is 15.5. The maximum absolute atomic E-state index is 13.2. The maximum atomic E-state index is 13.2. The highest BCUT2D eigenvalue weighted by Gasteiger charge is 2.37. The average Bonchev–Trinajstić information content (AvgIpc) is 2.66. The zero-order valence-corrected chi connectivity index (χ0v) is 13.0. The molecule has 1 amide bonds. The minimum atomic E-state index is -1.08. The number of nitrogens with one attached hydrogen (secondary N) is 1. The molecule has 1 unspecified atom stereocenters. The summed E-state index contributed by atoms with van der Waals surface area (Å²) >= 11 is 6.12. The third kappa shape index (κ3) is 3.74. The number of nitrogens with two attached hydrogens (primary N) is 1. The van der Waals surface area contributed by atoms with Crippen LogP contribution in [-0.2, 0) is 10.3 Å². The highest BCUT2D eigenvalue weighted by Crippen LogP contribution is 2.31. The summed E-state index contributed by atoms with van der Waals surface area (Å²) < 4.78 is 13.2. The molecule has 21 heavy (non-hydrogen) atoms. The first-order chi connectivity index (χ1) is 9.93. The van der Waals surface area contributed by atoms with Gasteiger partial charge in [-0.2, -0.15) is 0 Å². The summed E-state index contributed by atoms with van der Waals surface area (Å²) in [4.78, 5) is 12.0. The highest BCUT2D eigenvalue weighted by molar-refractivity contribution is 6.31. The molecule has 1 aliphatic rings. The van der Waals surface area contributed by atoms with E-state index < -0.39 is 17.3 Å².